The number of thioether (sulfide) groups is 1. The summed E-state index contributed by atoms with van der Waals surface area (Å²) in [4.78, 5) is 45.1. The maximum atomic E-state index is 13.7. The number of aromatic nitrogens is 1. The number of nitrogens with one attached hydrogen (secondary N) is 3. The number of fused-ring (bicyclic) bond motifs is 1. The van der Waals surface area contributed by atoms with E-state index in [4.69, 9.17) is 9.47 Å². The molecule has 0 fully saturated rings. The van der Waals surface area contributed by atoms with Crippen molar-refractivity contribution in [2.45, 2.75) is 23.7 Å². The number of carbonyl (C=O) groups is 3. The van der Waals surface area contributed by atoms with Gasteiger partial charge in [-0.05, 0) is 84.8 Å². The summed E-state index contributed by atoms with van der Waals surface area (Å²) in [5, 5.41) is 8.62. The predicted molar refractivity (Wildman–Crippen MR) is 204 cm³/mol. The first kappa shape index (κ1) is 34.9. The summed E-state index contributed by atoms with van der Waals surface area (Å²) in [5.74, 6) is 0.263. The number of hydrogen-bond acceptors (Lipinski definition) is 8. The van der Waals surface area contributed by atoms with Crippen molar-refractivity contribution in [2.24, 2.45) is 0 Å². The Morgan fingerprint density at radius 2 is 1.55 bits per heavy atom. The number of thiazole rings is 1. The number of methoxy groups -OCH3 is 1. The highest BCUT2D eigenvalue weighted by atomic mass is 32.2. The molecule has 6 aromatic rings. The number of anilines is 2. The number of benzene rings is 5. The Morgan fingerprint density at radius 1 is 0.824 bits per heavy atom. The molecular weight excluding hydrogens is 681 g/mol. The number of ether oxygens (including phenoxy) is 2. The van der Waals surface area contributed by atoms with Crippen LogP contribution in [-0.4, -0.2) is 35.1 Å². The Morgan fingerprint density at radius 3 is 2.29 bits per heavy atom. The van der Waals surface area contributed by atoms with Crippen LogP contribution in [0.15, 0.2) is 138 Å². The Hall–Kier alpha value is -5.91. The van der Waals surface area contributed by atoms with E-state index in [-0.39, 0.29) is 11.6 Å². The summed E-state index contributed by atoms with van der Waals surface area (Å²) in [5.41, 5.74) is 3.49. The van der Waals surface area contributed by atoms with Gasteiger partial charge in [-0.3, -0.25) is 14.4 Å². The lowest BCUT2D eigenvalue weighted by Gasteiger charge is -2.14. The molecule has 6 rings (SSSR count). The minimum atomic E-state index is -0.510. The summed E-state index contributed by atoms with van der Waals surface area (Å²) in [6.07, 6.45) is 1.61. The average molecular weight is 715 g/mol. The molecule has 0 bridgehead atoms. The molecule has 1 heterocycles. The molecule has 0 saturated heterocycles. The molecule has 0 saturated carbocycles. The maximum absolute atomic E-state index is 13.7. The zero-order valence-corrected chi connectivity index (χ0v) is 29.4. The number of nitrogens with zero attached hydrogens (tertiary/aromatic N) is 1. The van der Waals surface area contributed by atoms with E-state index in [1.807, 2.05) is 84.9 Å². The van der Waals surface area contributed by atoms with E-state index in [0.29, 0.717) is 34.3 Å². The molecular formula is C40H34N4O5S2. The minimum absolute atomic E-state index is 0.0565. The Balaban J connectivity index is 1.13. The lowest BCUT2D eigenvalue weighted by atomic mass is 10.1. The van der Waals surface area contributed by atoms with Gasteiger partial charge in [0.1, 0.15) is 23.8 Å². The lowest BCUT2D eigenvalue weighted by Crippen LogP contribution is -2.30. The van der Waals surface area contributed by atoms with E-state index in [0.717, 1.165) is 26.4 Å². The van der Waals surface area contributed by atoms with E-state index in [9.17, 15) is 14.4 Å². The highest BCUT2D eigenvalue weighted by Crippen LogP contribution is 2.31. The van der Waals surface area contributed by atoms with Gasteiger partial charge in [-0.1, -0.05) is 78.1 Å². The fraction of sp³-hybridized carbons (Fsp3) is 0.100. The van der Waals surface area contributed by atoms with Crippen LogP contribution >= 0.6 is 23.1 Å². The Kier molecular flexibility index (Phi) is 11.4. The quantitative estimate of drug-likeness (QED) is 0.0812. The average Bonchev–Trinajstić information content (AvgIpc) is 3.56. The molecule has 0 radical (unpaired) electrons. The third-order valence-electron chi connectivity index (χ3n) is 7.57. The number of carbonyl (C=O) groups excluding carboxylic acids is 3. The van der Waals surface area contributed by atoms with Gasteiger partial charge >= 0.3 is 0 Å². The summed E-state index contributed by atoms with van der Waals surface area (Å²) >= 11 is 2.72. The molecule has 256 valence electrons. The first-order valence-electron chi connectivity index (χ1n) is 16.0. The topological polar surface area (TPSA) is 119 Å². The SMILES string of the molecule is COc1ccc2nc(NC(=O)C(C)Sc3cccc(NC(=O)/C(=C/c4ccc(OCc5ccccc5)cc4)NC(=O)c4ccccc4)c3)sc2c1. The standard InChI is InChI=1S/C40H34N4O5S2/c1-26(37(45)44-40-43-34-21-20-32(48-2)24-36(34)51-40)50-33-15-9-14-30(23-33)41-39(47)35(42-38(46)29-12-7-4-8-13-29)22-27-16-18-31(19-17-27)49-25-28-10-5-3-6-11-28/h3-24,26H,25H2,1-2H3,(H,41,47)(H,42,46)(H,43,44,45)/b35-22-. The molecule has 1 unspecified atom stereocenters. The number of amides is 3. The van der Waals surface area contributed by atoms with E-state index >= 15 is 0 Å². The second-order valence-electron chi connectivity index (χ2n) is 11.3. The zero-order chi connectivity index (χ0) is 35.6. The van der Waals surface area contributed by atoms with Crippen LogP contribution in [0.3, 0.4) is 0 Å². The normalized spacial score (nSPS) is 11.8. The van der Waals surface area contributed by atoms with Crippen LogP contribution in [0.1, 0.15) is 28.4 Å². The van der Waals surface area contributed by atoms with Gasteiger partial charge in [0.25, 0.3) is 11.8 Å². The highest BCUT2D eigenvalue weighted by molar-refractivity contribution is 8.00. The summed E-state index contributed by atoms with van der Waals surface area (Å²) in [6.45, 7) is 2.23. The van der Waals surface area contributed by atoms with Crippen LogP contribution in [0.4, 0.5) is 10.8 Å². The van der Waals surface area contributed by atoms with E-state index in [2.05, 4.69) is 20.9 Å². The van der Waals surface area contributed by atoms with Gasteiger partial charge in [-0.2, -0.15) is 0 Å². The summed E-state index contributed by atoms with van der Waals surface area (Å²) in [6, 6.07) is 38.6. The second kappa shape index (κ2) is 16.7. The molecule has 0 aliphatic carbocycles. The molecule has 11 heteroatoms. The largest absolute Gasteiger partial charge is 0.497 e. The van der Waals surface area contributed by atoms with Crippen LogP contribution in [0.2, 0.25) is 0 Å². The van der Waals surface area contributed by atoms with Crippen LogP contribution in [0.25, 0.3) is 16.3 Å². The van der Waals surface area contributed by atoms with Crippen molar-refractivity contribution in [3.63, 3.8) is 0 Å². The van der Waals surface area contributed by atoms with Gasteiger partial charge < -0.3 is 25.4 Å². The van der Waals surface area contributed by atoms with Crippen molar-refractivity contribution >= 4 is 67.9 Å². The molecule has 9 nitrogen and oxygen atoms in total. The lowest BCUT2D eigenvalue weighted by molar-refractivity contribution is -0.115. The van der Waals surface area contributed by atoms with Crippen molar-refractivity contribution in [1.29, 1.82) is 0 Å². The van der Waals surface area contributed by atoms with Crippen LogP contribution < -0.4 is 25.4 Å². The van der Waals surface area contributed by atoms with Crippen molar-refractivity contribution in [3.05, 3.63) is 150 Å². The van der Waals surface area contributed by atoms with Crippen LogP contribution in [-0.2, 0) is 16.2 Å². The summed E-state index contributed by atoms with van der Waals surface area (Å²) < 4.78 is 12.1. The molecule has 0 aliphatic rings. The number of rotatable bonds is 13. The second-order valence-corrected chi connectivity index (χ2v) is 13.8. The Bertz CT molecular complexity index is 2170. The molecule has 1 atom stereocenters. The molecule has 5 aromatic carbocycles. The summed E-state index contributed by atoms with van der Waals surface area (Å²) in [7, 11) is 1.60. The van der Waals surface area contributed by atoms with Gasteiger partial charge in [0.15, 0.2) is 5.13 Å². The smallest absolute Gasteiger partial charge is 0.272 e. The van der Waals surface area contributed by atoms with Crippen molar-refractivity contribution in [3.8, 4) is 11.5 Å². The van der Waals surface area contributed by atoms with E-state index < -0.39 is 17.1 Å². The molecule has 3 amide bonds. The maximum Gasteiger partial charge on any atom is 0.272 e. The molecule has 0 aliphatic heterocycles. The molecule has 3 N–H and O–H groups in total. The molecule has 51 heavy (non-hydrogen) atoms. The first-order chi connectivity index (χ1) is 24.8. The van der Waals surface area contributed by atoms with Crippen LogP contribution in [0.5, 0.6) is 11.5 Å². The van der Waals surface area contributed by atoms with Crippen molar-refractivity contribution < 1.29 is 23.9 Å². The first-order valence-corrected chi connectivity index (χ1v) is 17.7. The van der Waals surface area contributed by atoms with E-state index in [1.54, 1.807) is 62.6 Å². The fourth-order valence-corrected chi connectivity index (χ4v) is 6.73. The zero-order valence-electron chi connectivity index (χ0n) is 27.8. The highest BCUT2D eigenvalue weighted by Gasteiger charge is 2.19. The van der Waals surface area contributed by atoms with Gasteiger partial charge in [0.05, 0.1) is 22.6 Å². The number of hydrogen-bond donors (Lipinski definition) is 3. The predicted octanol–water partition coefficient (Wildman–Crippen LogP) is 8.41. The van der Waals surface area contributed by atoms with E-state index in [1.165, 1.54) is 23.1 Å². The van der Waals surface area contributed by atoms with Crippen molar-refractivity contribution in [1.82, 2.24) is 10.3 Å². The molecule has 1 aromatic heterocycles. The van der Waals surface area contributed by atoms with Gasteiger partial charge in [0, 0.05) is 16.1 Å². The minimum Gasteiger partial charge on any atom is -0.497 e. The van der Waals surface area contributed by atoms with Gasteiger partial charge in [-0.15, -0.1) is 11.8 Å². The van der Waals surface area contributed by atoms with Gasteiger partial charge in [-0.25, -0.2) is 4.98 Å². The fourth-order valence-electron chi connectivity index (χ4n) is 4.91. The third-order valence-corrected chi connectivity index (χ3v) is 9.60. The Labute approximate surface area is 303 Å². The van der Waals surface area contributed by atoms with Crippen LogP contribution in [0, 0.1) is 0 Å². The van der Waals surface area contributed by atoms with Crippen molar-refractivity contribution in [2.75, 3.05) is 17.7 Å². The molecule has 0 spiro atoms. The third kappa shape index (κ3) is 9.62. The van der Waals surface area contributed by atoms with Gasteiger partial charge in [0.2, 0.25) is 5.91 Å². The monoisotopic (exact) mass is 714 g/mol.